The number of aliphatic hydroxyl groups is 1. The maximum Gasteiger partial charge on any atom is 0.262 e. The summed E-state index contributed by atoms with van der Waals surface area (Å²) in [5.41, 5.74) is 3.45. The Balaban J connectivity index is 1.42. The fraction of sp³-hybridized carbons (Fsp3) is 0.400. The molecule has 2 aliphatic rings. The number of sulfonamides is 1. The van der Waals surface area contributed by atoms with Crippen molar-refractivity contribution in [2.45, 2.75) is 35.9 Å². The van der Waals surface area contributed by atoms with Gasteiger partial charge < -0.3 is 9.67 Å². The first-order valence-corrected chi connectivity index (χ1v) is 12.9. The molecule has 33 heavy (non-hydrogen) atoms. The highest BCUT2D eigenvalue weighted by Crippen LogP contribution is 2.42. The van der Waals surface area contributed by atoms with E-state index in [-0.39, 0.29) is 29.6 Å². The molecule has 0 amide bonds. The monoisotopic (exact) mass is 466 g/mol. The summed E-state index contributed by atoms with van der Waals surface area (Å²) in [5.74, 6) is 0.0827. The minimum atomic E-state index is -3.66. The molecular formula is C25H30N4O3S. The van der Waals surface area contributed by atoms with Crippen LogP contribution in [0.4, 0.5) is 0 Å². The largest absolute Gasteiger partial charge is 0.395 e. The van der Waals surface area contributed by atoms with E-state index in [1.165, 1.54) is 6.33 Å². The van der Waals surface area contributed by atoms with Gasteiger partial charge in [-0.25, -0.2) is 13.4 Å². The van der Waals surface area contributed by atoms with Crippen LogP contribution in [0.2, 0.25) is 0 Å². The number of rotatable bonds is 5. The molecule has 1 N–H and O–H groups in total. The van der Waals surface area contributed by atoms with E-state index in [1.807, 2.05) is 18.2 Å². The van der Waals surface area contributed by atoms with Crippen molar-refractivity contribution in [1.29, 1.82) is 0 Å². The van der Waals surface area contributed by atoms with Crippen molar-refractivity contribution in [3.8, 4) is 11.1 Å². The van der Waals surface area contributed by atoms with Crippen molar-refractivity contribution in [3.05, 3.63) is 72.7 Å². The number of nitrogens with zero attached hydrogens (tertiary/aromatic N) is 4. The van der Waals surface area contributed by atoms with Gasteiger partial charge in [-0.15, -0.1) is 0 Å². The smallest absolute Gasteiger partial charge is 0.262 e. The third kappa shape index (κ3) is 4.12. The lowest BCUT2D eigenvalue weighted by Gasteiger charge is -2.57. The third-order valence-electron chi connectivity index (χ3n) is 7.02. The molecule has 2 saturated heterocycles. The van der Waals surface area contributed by atoms with E-state index in [0.717, 1.165) is 36.1 Å². The summed E-state index contributed by atoms with van der Waals surface area (Å²) in [7, 11) is -1.89. The molecule has 5 rings (SSSR count). The van der Waals surface area contributed by atoms with Gasteiger partial charge in [0.15, 0.2) is 5.03 Å². The van der Waals surface area contributed by atoms with Crippen molar-refractivity contribution in [2.24, 2.45) is 7.05 Å². The van der Waals surface area contributed by atoms with Crippen molar-refractivity contribution in [2.75, 3.05) is 26.2 Å². The molecule has 2 aliphatic heterocycles. The minimum Gasteiger partial charge on any atom is -0.395 e. The van der Waals surface area contributed by atoms with E-state index in [0.29, 0.717) is 13.1 Å². The quantitative estimate of drug-likeness (QED) is 0.626. The molecule has 0 bridgehead atoms. The highest BCUT2D eigenvalue weighted by Gasteiger charge is 2.50. The molecule has 0 aliphatic carbocycles. The van der Waals surface area contributed by atoms with Gasteiger partial charge >= 0.3 is 0 Å². The van der Waals surface area contributed by atoms with E-state index >= 15 is 0 Å². The van der Waals surface area contributed by atoms with Gasteiger partial charge in [0, 0.05) is 44.3 Å². The lowest BCUT2D eigenvalue weighted by molar-refractivity contribution is -0.0554. The Bertz CT molecular complexity index is 1190. The van der Waals surface area contributed by atoms with Crippen LogP contribution in [0.3, 0.4) is 0 Å². The van der Waals surface area contributed by atoms with Crippen LogP contribution in [0.1, 0.15) is 24.3 Å². The number of hydrogen-bond acceptors (Lipinski definition) is 5. The van der Waals surface area contributed by atoms with Gasteiger partial charge in [-0.2, -0.15) is 4.31 Å². The summed E-state index contributed by atoms with van der Waals surface area (Å²) < 4.78 is 29.9. The molecule has 0 saturated carbocycles. The SMILES string of the molecule is Cn1cnc(S(=O)(=O)N2CCCCN3[C@H](CO)[C@H](c4ccc(-c5ccccc5)cc4)[C@@H]3C2)c1. The maximum atomic E-state index is 13.3. The predicted octanol–water partition coefficient (Wildman–Crippen LogP) is 2.70. The molecule has 7 nitrogen and oxygen atoms in total. The van der Waals surface area contributed by atoms with Crippen LogP contribution in [0, 0.1) is 0 Å². The summed E-state index contributed by atoms with van der Waals surface area (Å²) in [5, 5.41) is 10.3. The Hall–Kier alpha value is -2.52. The molecule has 1 aromatic heterocycles. The van der Waals surface area contributed by atoms with Crippen LogP contribution in [0.25, 0.3) is 11.1 Å². The van der Waals surface area contributed by atoms with Gasteiger partial charge in [-0.05, 0) is 36.1 Å². The van der Waals surface area contributed by atoms with E-state index in [9.17, 15) is 13.5 Å². The second kappa shape index (κ2) is 9.02. The van der Waals surface area contributed by atoms with Crippen LogP contribution in [-0.2, 0) is 17.1 Å². The normalized spacial score (nSPS) is 24.5. The fourth-order valence-corrected chi connectivity index (χ4v) is 6.77. The fourth-order valence-electron chi connectivity index (χ4n) is 5.31. The van der Waals surface area contributed by atoms with E-state index in [4.69, 9.17) is 0 Å². The number of aryl methyl sites for hydroxylation is 1. The molecule has 0 radical (unpaired) electrons. The summed E-state index contributed by atoms with van der Waals surface area (Å²) >= 11 is 0. The molecule has 3 heterocycles. The molecule has 0 spiro atoms. The van der Waals surface area contributed by atoms with Crippen molar-refractivity contribution < 1.29 is 13.5 Å². The summed E-state index contributed by atoms with van der Waals surface area (Å²) in [6, 6.07) is 18.8. The molecule has 174 valence electrons. The molecular weight excluding hydrogens is 436 g/mol. The average molecular weight is 467 g/mol. The number of imidazole rings is 1. The second-order valence-electron chi connectivity index (χ2n) is 9.02. The molecule has 8 heteroatoms. The topological polar surface area (TPSA) is 78.7 Å². The van der Waals surface area contributed by atoms with Gasteiger partial charge in [0.05, 0.1) is 12.9 Å². The zero-order valence-electron chi connectivity index (χ0n) is 18.8. The first-order chi connectivity index (χ1) is 16.0. The maximum absolute atomic E-state index is 13.3. The first kappa shape index (κ1) is 22.3. The summed E-state index contributed by atoms with van der Waals surface area (Å²) in [6.07, 6.45) is 4.78. The Morgan fingerprint density at radius 3 is 2.36 bits per heavy atom. The van der Waals surface area contributed by atoms with Crippen LogP contribution in [0.15, 0.2) is 72.1 Å². The average Bonchev–Trinajstić information content (AvgIpc) is 3.26. The number of hydrogen-bond donors (Lipinski definition) is 1. The minimum absolute atomic E-state index is 0.00933. The second-order valence-corrected chi connectivity index (χ2v) is 10.9. The Morgan fingerprint density at radius 1 is 1.00 bits per heavy atom. The molecule has 3 aromatic rings. The Morgan fingerprint density at radius 2 is 1.70 bits per heavy atom. The van der Waals surface area contributed by atoms with Gasteiger partial charge in [0.1, 0.15) is 0 Å². The molecule has 2 aromatic carbocycles. The Kier molecular flexibility index (Phi) is 6.09. The lowest BCUT2D eigenvalue weighted by atomic mass is 9.74. The third-order valence-corrected chi connectivity index (χ3v) is 8.77. The standard InChI is InChI=1S/C25H30N4O3S/c1-27-16-24(26-18-27)33(31,32)28-13-5-6-14-29-22(15-28)25(23(29)17-30)21-11-9-20(10-12-21)19-7-3-2-4-8-19/h2-4,7-12,16,18,22-23,25,30H,5-6,13-15,17H2,1H3/t22-,23+,25+/m0/s1. The lowest BCUT2D eigenvalue weighted by Crippen LogP contribution is -2.67. The summed E-state index contributed by atoms with van der Waals surface area (Å²) in [6.45, 7) is 1.84. The van der Waals surface area contributed by atoms with Crippen LogP contribution >= 0.6 is 0 Å². The van der Waals surface area contributed by atoms with Crippen molar-refractivity contribution in [3.63, 3.8) is 0 Å². The first-order valence-electron chi connectivity index (χ1n) is 11.5. The Labute approximate surface area is 195 Å². The number of aliphatic hydroxyl groups excluding tert-OH is 1. The highest BCUT2D eigenvalue weighted by molar-refractivity contribution is 7.89. The number of aromatic nitrogens is 2. The predicted molar refractivity (Wildman–Crippen MR) is 127 cm³/mol. The molecule has 2 fully saturated rings. The van der Waals surface area contributed by atoms with E-state index < -0.39 is 10.0 Å². The molecule has 3 atom stereocenters. The zero-order chi connectivity index (χ0) is 23.0. The van der Waals surface area contributed by atoms with Gasteiger partial charge in [-0.1, -0.05) is 54.6 Å². The van der Waals surface area contributed by atoms with Gasteiger partial charge in [-0.3, -0.25) is 4.90 Å². The van der Waals surface area contributed by atoms with Crippen molar-refractivity contribution in [1.82, 2.24) is 18.8 Å². The zero-order valence-corrected chi connectivity index (χ0v) is 19.6. The van der Waals surface area contributed by atoms with Crippen molar-refractivity contribution >= 4 is 10.0 Å². The van der Waals surface area contributed by atoms with Crippen LogP contribution < -0.4 is 0 Å². The van der Waals surface area contributed by atoms with Gasteiger partial charge in [0.25, 0.3) is 10.0 Å². The van der Waals surface area contributed by atoms with Crippen LogP contribution in [0.5, 0.6) is 0 Å². The van der Waals surface area contributed by atoms with E-state index in [2.05, 4.69) is 46.3 Å². The van der Waals surface area contributed by atoms with Crippen LogP contribution in [-0.4, -0.2) is 70.6 Å². The number of fused-ring (bicyclic) bond motifs is 1. The molecule has 0 unspecified atom stereocenters. The van der Waals surface area contributed by atoms with E-state index in [1.54, 1.807) is 22.1 Å². The van der Waals surface area contributed by atoms with Gasteiger partial charge in [0.2, 0.25) is 0 Å². The number of benzene rings is 2. The highest BCUT2D eigenvalue weighted by atomic mass is 32.2. The summed E-state index contributed by atoms with van der Waals surface area (Å²) in [4.78, 5) is 6.39.